The summed E-state index contributed by atoms with van der Waals surface area (Å²) in [5.41, 5.74) is -1.17. The van der Waals surface area contributed by atoms with Gasteiger partial charge in [0.05, 0.1) is 0 Å². The minimum absolute atomic E-state index is 0.354. The largest absolute Gasteiger partial charge is 0.424 e. The Balaban J connectivity index is 3.58. The van der Waals surface area contributed by atoms with Gasteiger partial charge in [-0.15, -0.1) is 0 Å². The lowest BCUT2D eigenvalue weighted by molar-refractivity contribution is -0.134. The van der Waals surface area contributed by atoms with Gasteiger partial charge in [0.1, 0.15) is 0 Å². The first kappa shape index (κ1) is 7.91. The van der Waals surface area contributed by atoms with Crippen LogP contribution in [0.2, 0.25) is 0 Å². The fraction of sp³-hybridized carbons (Fsp3) is 1.00. The first-order chi connectivity index (χ1) is 3.68. The van der Waals surface area contributed by atoms with E-state index in [9.17, 15) is 4.32 Å². The molecule has 0 amide bonds. The number of hydrogen-bond acceptors (Lipinski definition) is 2. The SMILES string of the molecule is COC(C)([B]F)OC. The molecule has 0 N–H and O–H groups in total. The molecule has 0 aromatic rings. The molecule has 0 unspecified atom stereocenters. The minimum Gasteiger partial charge on any atom is -0.358 e. The normalized spacial score (nSPS) is 11.5. The molecule has 0 aromatic carbocycles. The zero-order valence-electron chi connectivity index (χ0n) is 5.27. The van der Waals surface area contributed by atoms with Gasteiger partial charge in [-0.2, -0.15) is 0 Å². The van der Waals surface area contributed by atoms with Crippen molar-refractivity contribution in [3.63, 3.8) is 0 Å². The Morgan fingerprint density at radius 2 is 1.75 bits per heavy atom. The van der Waals surface area contributed by atoms with Crippen LogP contribution in [0.3, 0.4) is 0 Å². The standard InChI is InChI=1S/C4H9BFO2/c1-4(5-6,7-2)8-3/h1-3H3. The van der Waals surface area contributed by atoms with Crippen molar-refractivity contribution in [2.75, 3.05) is 14.2 Å². The van der Waals surface area contributed by atoms with E-state index in [4.69, 9.17) is 0 Å². The van der Waals surface area contributed by atoms with Crippen molar-refractivity contribution in [1.29, 1.82) is 0 Å². The fourth-order valence-electron chi connectivity index (χ4n) is 0.172. The van der Waals surface area contributed by atoms with Gasteiger partial charge in [-0.25, -0.2) is 0 Å². The average Bonchev–Trinajstić information content (AvgIpc) is 1.87. The molecule has 1 radical (unpaired) electrons. The molecule has 0 bridgehead atoms. The highest BCUT2D eigenvalue weighted by molar-refractivity contribution is 6.29. The summed E-state index contributed by atoms with van der Waals surface area (Å²) in [7, 11) is 3.10. The molecule has 0 heterocycles. The van der Waals surface area contributed by atoms with E-state index in [-0.39, 0.29) is 0 Å². The van der Waals surface area contributed by atoms with Crippen LogP contribution < -0.4 is 0 Å². The van der Waals surface area contributed by atoms with E-state index in [0.29, 0.717) is 7.56 Å². The fourth-order valence-corrected chi connectivity index (χ4v) is 0.172. The van der Waals surface area contributed by atoms with Crippen LogP contribution in [0.25, 0.3) is 0 Å². The van der Waals surface area contributed by atoms with E-state index in [0.717, 1.165) is 0 Å². The van der Waals surface area contributed by atoms with Gasteiger partial charge in [-0.1, -0.05) is 0 Å². The Morgan fingerprint density at radius 1 is 1.38 bits per heavy atom. The second kappa shape index (κ2) is 3.04. The van der Waals surface area contributed by atoms with Crippen LogP contribution >= 0.6 is 0 Å². The van der Waals surface area contributed by atoms with Crippen LogP contribution in [0.5, 0.6) is 0 Å². The lowest BCUT2D eigenvalue weighted by Gasteiger charge is -2.20. The van der Waals surface area contributed by atoms with Crippen LogP contribution in [0.4, 0.5) is 4.32 Å². The third-order valence-electron chi connectivity index (χ3n) is 1.01. The summed E-state index contributed by atoms with van der Waals surface area (Å²) < 4.78 is 20.8. The molecular weight excluding hydrogens is 110 g/mol. The van der Waals surface area contributed by atoms with Crippen LogP contribution in [0, 0.1) is 0 Å². The van der Waals surface area contributed by atoms with E-state index in [1.54, 1.807) is 0 Å². The highest BCUT2D eigenvalue weighted by Gasteiger charge is 2.24. The van der Waals surface area contributed by atoms with Crippen molar-refractivity contribution in [1.82, 2.24) is 0 Å². The van der Waals surface area contributed by atoms with Gasteiger partial charge in [0.2, 0.25) is 0 Å². The molecule has 0 spiro atoms. The van der Waals surface area contributed by atoms with Crippen molar-refractivity contribution in [2.45, 2.75) is 12.6 Å². The van der Waals surface area contributed by atoms with Gasteiger partial charge in [-0.3, -0.25) is 0 Å². The summed E-state index contributed by atoms with van der Waals surface area (Å²) >= 11 is 0. The Labute approximate surface area is 49.3 Å². The van der Waals surface area contributed by atoms with Gasteiger partial charge in [0, 0.05) is 14.2 Å². The quantitative estimate of drug-likeness (QED) is 0.398. The predicted molar refractivity (Wildman–Crippen MR) is 29.3 cm³/mol. The number of rotatable bonds is 3. The van der Waals surface area contributed by atoms with Crippen LogP contribution in [-0.2, 0) is 9.47 Å². The van der Waals surface area contributed by atoms with Crippen LogP contribution in [0.1, 0.15) is 6.92 Å². The van der Waals surface area contributed by atoms with Gasteiger partial charge >= 0.3 is 7.56 Å². The van der Waals surface area contributed by atoms with Crippen molar-refractivity contribution < 1.29 is 13.8 Å². The molecule has 0 saturated heterocycles. The van der Waals surface area contributed by atoms with Crippen molar-refractivity contribution >= 4 is 7.56 Å². The van der Waals surface area contributed by atoms with E-state index in [1.807, 2.05) is 0 Å². The topological polar surface area (TPSA) is 18.5 Å². The van der Waals surface area contributed by atoms with Crippen LogP contribution in [0.15, 0.2) is 0 Å². The summed E-state index contributed by atoms with van der Waals surface area (Å²) in [6.45, 7) is 1.48. The molecule has 0 saturated carbocycles. The van der Waals surface area contributed by atoms with E-state index < -0.39 is 5.69 Å². The number of hydrogen-bond donors (Lipinski definition) is 0. The summed E-state index contributed by atoms with van der Waals surface area (Å²) in [6, 6.07) is 0. The molecule has 8 heavy (non-hydrogen) atoms. The maximum atomic E-state index is 11.7. The average molecular weight is 119 g/mol. The second-order valence-corrected chi connectivity index (χ2v) is 1.53. The Bertz CT molecular complexity index is 56.8. The molecule has 47 valence electrons. The molecule has 0 rings (SSSR count). The van der Waals surface area contributed by atoms with Crippen molar-refractivity contribution in [2.24, 2.45) is 0 Å². The smallest absolute Gasteiger partial charge is 0.358 e. The number of ether oxygens (including phenoxy) is 2. The molecule has 2 nitrogen and oxygen atoms in total. The summed E-state index contributed by atoms with van der Waals surface area (Å²) in [5, 5.41) is 0. The third kappa shape index (κ3) is 1.80. The van der Waals surface area contributed by atoms with Crippen molar-refractivity contribution in [3.05, 3.63) is 0 Å². The zero-order valence-corrected chi connectivity index (χ0v) is 5.27. The summed E-state index contributed by atoms with van der Waals surface area (Å²) in [5.74, 6) is 0. The first-order valence-corrected chi connectivity index (χ1v) is 2.23. The van der Waals surface area contributed by atoms with Gasteiger partial charge in [0.15, 0.2) is 5.69 Å². The molecule has 0 aromatic heterocycles. The van der Waals surface area contributed by atoms with Gasteiger partial charge in [0.25, 0.3) is 0 Å². The molecule has 0 aliphatic carbocycles. The maximum absolute atomic E-state index is 11.7. The predicted octanol–water partition coefficient (Wildman–Crippen LogP) is 0.542. The number of halogens is 1. The third-order valence-corrected chi connectivity index (χ3v) is 1.01. The molecule has 0 atom stereocenters. The summed E-state index contributed by atoms with van der Waals surface area (Å²) in [6.07, 6.45) is 0. The Hall–Kier alpha value is -0.0851. The zero-order chi connectivity index (χ0) is 6.62. The lowest BCUT2D eigenvalue weighted by Crippen LogP contribution is -2.34. The first-order valence-electron chi connectivity index (χ1n) is 2.23. The second-order valence-electron chi connectivity index (χ2n) is 1.53. The highest BCUT2D eigenvalue weighted by atomic mass is 19.1. The maximum Gasteiger partial charge on any atom is 0.424 e. The Morgan fingerprint density at radius 3 is 1.75 bits per heavy atom. The lowest BCUT2D eigenvalue weighted by atomic mass is 9.91. The van der Waals surface area contributed by atoms with E-state index in [2.05, 4.69) is 9.47 Å². The van der Waals surface area contributed by atoms with E-state index in [1.165, 1.54) is 21.1 Å². The minimum atomic E-state index is -1.17. The van der Waals surface area contributed by atoms with Gasteiger partial charge in [-0.05, 0) is 6.92 Å². The summed E-state index contributed by atoms with van der Waals surface area (Å²) in [4.78, 5) is 0. The molecule has 0 aliphatic heterocycles. The molecule has 0 aliphatic rings. The monoisotopic (exact) mass is 119 g/mol. The Kier molecular flexibility index (Phi) is 3.01. The van der Waals surface area contributed by atoms with Gasteiger partial charge < -0.3 is 13.8 Å². The highest BCUT2D eigenvalue weighted by Crippen LogP contribution is 2.06. The van der Waals surface area contributed by atoms with Crippen molar-refractivity contribution in [3.8, 4) is 0 Å². The molecule has 0 fully saturated rings. The molecule has 4 heteroatoms. The number of methoxy groups -OCH3 is 2. The molecular formula is C4H9BFO2. The van der Waals surface area contributed by atoms with E-state index >= 15 is 0 Å². The van der Waals surface area contributed by atoms with Crippen LogP contribution in [-0.4, -0.2) is 27.5 Å².